The van der Waals surface area contributed by atoms with Gasteiger partial charge in [0, 0.05) is 11.7 Å². The van der Waals surface area contributed by atoms with Gasteiger partial charge >= 0.3 is 5.97 Å². The molecule has 0 saturated carbocycles. The van der Waals surface area contributed by atoms with E-state index < -0.39 is 12.1 Å². The second kappa shape index (κ2) is 6.48. The van der Waals surface area contributed by atoms with Gasteiger partial charge in [0.05, 0.1) is 5.56 Å². The van der Waals surface area contributed by atoms with Crippen LogP contribution in [0, 0.1) is 6.92 Å². The van der Waals surface area contributed by atoms with Crippen molar-refractivity contribution in [2.45, 2.75) is 39.3 Å². The number of aryl methyl sites for hydroxylation is 1. The summed E-state index contributed by atoms with van der Waals surface area (Å²) in [4.78, 5) is 26.7. The molecule has 4 nitrogen and oxygen atoms in total. The number of fused-ring (bicyclic) bond motifs is 1. The molecule has 24 heavy (non-hydrogen) atoms. The Morgan fingerprint density at radius 1 is 1.12 bits per heavy atom. The minimum absolute atomic E-state index is 0.0652. The number of rotatable bonds is 3. The van der Waals surface area contributed by atoms with Crippen molar-refractivity contribution in [1.29, 1.82) is 0 Å². The van der Waals surface area contributed by atoms with E-state index in [0.717, 1.165) is 23.2 Å². The van der Waals surface area contributed by atoms with Crippen LogP contribution >= 0.6 is 0 Å². The fraction of sp³-hybridized carbons (Fsp3) is 0.300. The van der Waals surface area contributed by atoms with Crippen LogP contribution in [0.4, 0.5) is 5.69 Å². The lowest BCUT2D eigenvalue weighted by molar-refractivity contribution is -0.126. The smallest absolute Gasteiger partial charge is 0.338 e. The lowest BCUT2D eigenvalue weighted by Gasteiger charge is -2.25. The number of benzene rings is 2. The van der Waals surface area contributed by atoms with Crippen molar-refractivity contribution in [3.05, 3.63) is 65.2 Å². The highest BCUT2D eigenvalue weighted by atomic mass is 16.5. The Kier molecular flexibility index (Phi) is 4.38. The molecule has 0 saturated heterocycles. The van der Waals surface area contributed by atoms with E-state index in [1.54, 1.807) is 24.0 Å². The van der Waals surface area contributed by atoms with Crippen molar-refractivity contribution in [2.75, 3.05) is 4.90 Å². The van der Waals surface area contributed by atoms with Crippen LogP contribution in [0.25, 0.3) is 0 Å². The molecule has 1 aliphatic heterocycles. The summed E-state index contributed by atoms with van der Waals surface area (Å²) in [6.45, 7) is 5.59. The van der Waals surface area contributed by atoms with Gasteiger partial charge in [0.1, 0.15) is 0 Å². The van der Waals surface area contributed by atoms with Crippen LogP contribution in [0.5, 0.6) is 0 Å². The molecule has 0 unspecified atom stereocenters. The number of carbonyl (C=O) groups excluding carboxylic acids is 2. The Hall–Kier alpha value is -2.62. The Morgan fingerprint density at radius 3 is 2.50 bits per heavy atom. The zero-order valence-electron chi connectivity index (χ0n) is 14.2. The lowest BCUT2D eigenvalue weighted by atomic mass is 10.1. The maximum atomic E-state index is 12.8. The first-order valence-corrected chi connectivity index (χ1v) is 8.16. The fourth-order valence-electron chi connectivity index (χ4n) is 3.07. The molecule has 124 valence electrons. The molecule has 0 fully saturated rings. The Morgan fingerprint density at radius 2 is 1.79 bits per heavy atom. The quantitative estimate of drug-likeness (QED) is 0.812. The number of carbonyl (C=O) groups is 2. The molecule has 0 radical (unpaired) electrons. The molecule has 2 aromatic carbocycles. The number of para-hydroxylation sites is 1. The largest absolute Gasteiger partial charge is 0.449 e. The Bertz CT molecular complexity index is 767. The molecular weight excluding hydrogens is 302 g/mol. The number of amides is 1. The number of esters is 1. The molecule has 0 aliphatic carbocycles. The van der Waals surface area contributed by atoms with Gasteiger partial charge in [-0.05, 0) is 51.0 Å². The highest BCUT2D eigenvalue weighted by Crippen LogP contribution is 2.32. The molecule has 2 atom stereocenters. The van der Waals surface area contributed by atoms with Crippen molar-refractivity contribution >= 4 is 17.6 Å². The minimum atomic E-state index is -0.826. The number of hydrogen-bond acceptors (Lipinski definition) is 3. The predicted molar refractivity (Wildman–Crippen MR) is 93.2 cm³/mol. The first-order chi connectivity index (χ1) is 11.5. The van der Waals surface area contributed by atoms with Crippen LogP contribution in [0.2, 0.25) is 0 Å². The van der Waals surface area contributed by atoms with Gasteiger partial charge < -0.3 is 9.64 Å². The van der Waals surface area contributed by atoms with Crippen molar-refractivity contribution in [1.82, 2.24) is 0 Å². The minimum Gasteiger partial charge on any atom is -0.449 e. The standard InChI is InChI=1S/C20H21NO3/c1-13-8-10-16(11-9-13)20(23)24-15(3)19(22)21-14(2)12-17-6-4-5-7-18(17)21/h4-11,14-15H,12H2,1-3H3/t14-,15-/m1/s1. The zero-order chi connectivity index (χ0) is 17.3. The van der Waals surface area contributed by atoms with Crippen molar-refractivity contribution in [2.24, 2.45) is 0 Å². The highest BCUT2D eigenvalue weighted by molar-refractivity contribution is 6.00. The third-order valence-corrected chi connectivity index (χ3v) is 4.36. The third-order valence-electron chi connectivity index (χ3n) is 4.36. The lowest BCUT2D eigenvalue weighted by Crippen LogP contribution is -2.43. The average Bonchev–Trinajstić information content (AvgIpc) is 2.90. The van der Waals surface area contributed by atoms with E-state index in [2.05, 4.69) is 0 Å². The molecular formula is C20H21NO3. The maximum Gasteiger partial charge on any atom is 0.338 e. The van der Waals surface area contributed by atoms with Crippen molar-refractivity contribution < 1.29 is 14.3 Å². The summed E-state index contributed by atoms with van der Waals surface area (Å²) in [5, 5.41) is 0. The van der Waals surface area contributed by atoms with Crippen LogP contribution in [0.15, 0.2) is 48.5 Å². The maximum absolute atomic E-state index is 12.8. The van der Waals surface area contributed by atoms with Crippen molar-refractivity contribution in [3.63, 3.8) is 0 Å². The predicted octanol–water partition coefficient (Wildman–Crippen LogP) is 3.52. The van der Waals surface area contributed by atoms with Crippen LogP contribution in [-0.2, 0) is 16.0 Å². The Balaban J connectivity index is 1.73. The molecule has 0 bridgehead atoms. The molecule has 1 amide bonds. The summed E-state index contributed by atoms with van der Waals surface area (Å²) < 4.78 is 5.38. The number of hydrogen-bond donors (Lipinski definition) is 0. The van der Waals surface area contributed by atoms with Gasteiger partial charge in [-0.25, -0.2) is 4.79 Å². The van der Waals surface area contributed by atoms with E-state index in [0.29, 0.717) is 5.56 Å². The van der Waals surface area contributed by atoms with Gasteiger partial charge in [0.2, 0.25) is 0 Å². The second-order valence-electron chi connectivity index (χ2n) is 6.30. The van der Waals surface area contributed by atoms with E-state index in [1.807, 2.05) is 50.2 Å². The molecule has 3 rings (SSSR count). The molecule has 1 heterocycles. The van der Waals surface area contributed by atoms with E-state index >= 15 is 0 Å². The van der Waals surface area contributed by atoms with Crippen LogP contribution < -0.4 is 4.90 Å². The zero-order valence-corrected chi connectivity index (χ0v) is 14.2. The molecule has 1 aliphatic rings. The van der Waals surface area contributed by atoms with Gasteiger partial charge in [-0.2, -0.15) is 0 Å². The van der Waals surface area contributed by atoms with Gasteiger partial charge in [-0.3, -0.25) is 4.79 Å². The summed E-state index contributed by atoms with van der Waals surface area (Å²) >= 11 is 0. The first-order valence-electron chi connectivity index (χ1n) is 8.16. The van der Waals surface area contributed by atoms with E-state index in [4.69, 9.17) is 4.74 Å². The summed E-state index contributed by atoms with van der Waals surface area (Å²) in [7, 11) is 0. The van der Waals surface area contributed by atoms with Gasteiger partial charge in [-0.15, -0.1) is 0 Å². The summed E-state index contributed by atoms with van der Waals surface area (Å²) in [6.07, 6.45) is -0.00649. The normalized spacial score (nSPS) is 17.3. The van der Waals surface area contributed by atoms with Gasteiger partial charge in [0.25, 0.3) is 5.91 Å². The molecule has 0 spiro atoms. The monoisotopic (exact) mass is 323 g/mol. The number of nitrogens with zero attached hydrogens (tertiary/aromatic N) is 1. The van der Waals surface area contributed by atoms with Gasteiger partial charge in [0.15, 0.2) is 6.10 Å². The SMILES string of the molecule is Cc1ccc(C(=O)O[C@H](C)C(=O)N2c3ccccc3C[C@H]2C)cc1. The molecule has 2 aromatic rings. The van der Waals surface area contributed by atoms with Crippen LogP contribution in [0.1, 0.15) is 35.3 Å². The van der Waals surface area contributed by atoms with E-state index in [-0.39, 0.29) is 11.9 Å². The average molecular weight is 323 g/mol. The van der Waals surface area contributed by atoms with Crippen LogP contribution in [0.3, 0.4) is 0 Å². The fourth-order valence-corrected chi connectivity index (χ4v) is 3.07. The molecule has 0 aromatic heterocycles. The first kappa shape index (κ1) is 16.2. The number of anilines is 1. The van der Waals surface area contributed by atoms with Gasteiger partial charge in [-0.1, -0.05) is 35.9 Å². The summed E-state index contributed by atoms with van der Waals surface area (Å²) in [6, 6.07) is 15.0. The van der Waals surface area contributed by atoms with Crippen LogP contribution in [-0.4, -0.2) is 24.0 Å². The number of ether oxygens (including phenoxy) is 1. The Labute approximate surface area is 142 Å². The van der Waals surface area contributed by atoms with E-state index in [9.17, 15) is 9.59 Å². The summed E-state index contributed by atoms with van der Waals surface area (Å²) in [5.41, 5.74) is 3.58. The highest BCUT2D eigenvalue weighted by Gasteiger charge is 2.34. The topological polar surface area (TPSA) is 46.6 Å². The van der Waals surface area contributed by atoms with Crippen molar-refractivity contribution in [3.8, 4) is 0 Å². The second-order valence-corrected chi connectivity index (χ2v) is 6.30. The van der Waals surface area contributed by atoms with E-state index in [1.165, 1.54) is 0 Å². The third kappa shape index (κ3) is 3.04. The summed E-state index contributed by atoms with van der Waals surface area (Å²) in [5.74, 6) is -0.663. The molecule has 4 heteroatoms. The molecule has 0 N–H and O–H groups in total.